The van der Waals surface area contributed by atoms with Crippen LogP contribution in [0, 0.1) is 12.7 Å². The molecule has 0 fully saturated rings. The molecule has 1 aromatic carbocycles. The highest BCUT2D eigenvalue weighted by atomic mass is 19.1. The summed E-state index contributed by atoms with van der Waals surface area (Å²) in [5.74, 6) is -0.693. The van der Waals surface area contributed by atoms with Crippen molar-refractivity contribution in [1.82, 2.24) is 0 Å². The lowest BCUT2D eigenvalue weighted by Gasteiger charge is -2.10. The van der Waals surface area contributed by atoms with Crippen molar-refractivity contribution < 1.29 is 18.7 Å². The Bertz CT molecular complexity index is 388. The molecule has 0 aliphatic carbocycles. The van der Waals surface area contributed by atoms with Crippen molar-refractivity contribution in [2.45, 2.75) is 20.3 Å². The minimum Gasteiger partial charge on any atom is -0.493 e. The highest BCUT2D eigenvalue weighted by molar-refractivity contribution is 5.73. The molecule has 16 heavy (non-hydrogen) atoms. The zero-order valence-corrected chi connectivity index (χ0v) is 9.67. The van der Waals surface area contributed by atoms with E-state index in [-0.39, 0.29) is 18.1 Å². The predicted octanol–water partition coefficient (Wildman–Crippen LogP) is 2.25. The molecule has 0 aliphatic rings. The minimum absolute atomic E-state index is 0.0220. The van der Waals surface area contributed by atoms with Gasteiger partial charge in [0.25, 0.3) is 0 Å². The van der Waals surface area contributed by atoms with Gasteiger partial charge in [-0.3, -0.25) is 4.79 Å². The van der Waals surface area contributed by atoms with Crippen molar-refractivity contribution in [3.63, 3.8) is 0 Å². The van der Waals surface area contributed by atoms with E-state index in [9.17, 15) is 9.18 Å². The molecule has 0 atom stereocenters. The predicted molar refractivity (Wildman–Crippen MR) is 58.0 cm³/mol. The Morgan fingerprint density at radius 2 is 2.12 bits per heavy atom. The fourth-order valence-electron chi connectivity index (χ4n) is 1.42. The van der Waals surface area contributed by atoms with E-state index in [1.807, 2.05) is 0 Å². The molecule has 0 aliphatic heterocycles. The van der Waals surface area contributed by atoms with Crippen molar-refractivity contribution in [3.8, 4) is 5.75 Å². The van der Waals surface area contributed by atoms with Crippen molar-refractivity contribution in [3.05, 3.63) is 29.1 Å². The fourth-order valence-corrected chi connectivity index (χ4v) is 1.42. The molecular formula is C12H15FO3. The van der Waals surface area contributed by atoms with Gasteiger partial charge in [-0.2, -0.15) is 0 Å². The van der Waals surface area contributed by atoms with Gasteiger partial charge in [-0.25, -0.2) is 4.39 Å². The van der Waals surface area contributed by atoms with Crippen LogP contribution in [0.2, 0.25) is 0 Å². The van der Waals surface area contributed by atoms with Crippen LogP contribution in [0.4, 0.5) is 4.39 Å². The average molecular weight is 226 g/mol. The van der Waals surface area contributed by atoms with E-state index in [2.05, 4.69) is 0 Å². The molecule has 4 heteroatoms. The van der Waals surface area contributed by atoms with Gasteiger partial charge in [0.1, 0.15) is 0 Å². The van der Waals surface area contributed by atoms with Crippen LogP contribution in [0.1, 0.15) is 18.1 Å². The molecule has 0 saturated carbocycles. The van der Waals surface area contributed by atoms with E-state index in [1.165, 1.54) is 7.11 Å². The van der Waals surface area contributed by atoms with E-state index >= 15 is 0 Å². The molecule has 0 radical (unpaired) electrons. The number of carbonyl (C=O) groups excluding carboxylic acids is 1. The number of esters is 1. The lowest BCUT2D eigenvalue weighted by Crippen LogP contribution is -2.09. The van der Waals surface area contributed by atoms with Crippen LogP contribution >= 0.6 is 0 Å². The normalized spacial score (nSPS) is 10.0. The van der Waals surface area contributed by atoms with Crippen LogP contribution in [0.15, 0.2) is 12.1 Å². The van der Waals surface area contributed by atoms with Crippen molar-refractivity contribution in [1.29, 1.82) is 0 Å². The van der Waals surface area contributed by atoms with E-state index in [0.717, 1.165) is 0 Å². The van der Waals surface area contributed by atoms with Gasteiger partial charge in [0, 0.05) is 5.56 Å². The first-order chi connectivity index (χ1) is 7.60. The Hall–Kier alpha value is -1.58. The van der Waals surface area contributed by atoms with Crippen LogP contribution in [0.25, 0.3) is 0 Å². The molecular weight excluding hydrogens is 211 g/mol. The maximum atomic E-state index is 13.6. The third kappa shape index (κ3) is 2.72. The summed E-state index contributed by atoms with van der Waals surface area (Å²) in [5.41, 5.74) is 0.994. The van der Waals surface area contributed by atoms with Crippen LogP contribution in [-0.4, -0.2) is 19.7 Å². The number of aryl methyl sites for hydroxylation is 1. The maximum Gasteiger partial charge on any atom is 0.310 e. The Balaban J connectivity index is 2.96. The second-order valence-corrected chi connectivity index (χ2v) is 3.37. The SMILES string of the molecule is CCOC(=O)Cc1ccc(C)c(F)c1OC. The summed E-state index contributed by atoms with van der Waals surface area (Å²) in [6, 6.07) is 3.29. The van der Waals surface area contributed by atoms with Gasteiger partial charge in [-0.15, -0.1) is 0 Å². The molecule has 88 valence electrons. The quantitative estimate of drug-likeness (QED) is 0.739. The first kappa shape index (κ1) is 12.5. The molecule has 0 aromatic heterocycles. The highest BCUT2D eigenvalue weighted by Gasteiger charge is 2.14. The molecule has 3 nitrogen and oxygen atoms in total. The fraction of sp³-hybridized carbons (Fsp3) is 0.417. The molecule has 0 saturated heterocycles. The van der Waals surface area contributed by atoms with Gasteiger partial charge in [-0.1, -0.05) is 12.1 Å². The summed E-state index contributed by atoms with van der Waals surface area (Å²) in [4.78, 5) is 11.3. The zero-order valence-electron chi connectivity index (χ0n) is 9.67. The second kappa shape index (κ2) is 5.49. The second-order valence-electron chi connectivity index (χ2n) is 3.37. The van der Waals surface area contributed by atoms with E-state index < -0.39 is 5.82 Å². The summed E-state index contributed by atoms with van der Waals surface area (Å²) < 4.78 is 23.4. The molecule has 0 bridgehead atoms. The van der Waals surface area contributed by atoms with Crippen LogP contribution in [0.3, 0.4) is 0 Å². The van der Waals surface area contributed by atoms with Crippen LogP contribution < -0.4 is 4.74 Å². The topological polar surface area (TPSA) is 35.5 Å². The molecule has 0 unspecified atom stereocenters. The number of hydrogen-bond donors (Lipinski definition) is 0. The van der Waals surface area contributed by atoms with Crippen molar-refractivity contribution in [2.75, 3.05) is 13.7 Å². The third-order valence-corrected chi connectivity index (χ3v) is 2.22. The van der Waals surface area contributed by atoms with E-state index in [4.69, 9.17) is 9.47 Å². The smallest absolute Gasteiger partial charge is 0.310 e. The minimum atomic E-state index is -0.427. The van der Waals surface area contributed by atoms with Gasteiger partial charge in [-0.05, 0) is 19.4 Å². The third-order valence-electron chi connectivity index (χ3n) is 2.22. The summed E-state index contributed by atoms with van der Waals surface area (Å²) in [7, 11) is 1.38. The Labute approximate surface area is 94.2 Å². The number of rotatable bonds is 4. The van der Waals surface area contributed by atoms with Crippen molar-refractivity contribution >= 4 is 5.97 Å². The largest absolute Gasteiger partial charge is 0.493 e. The van der Waals surface area contributed by atoms with Gasteiger partial charge in [0.15, 0.2) is 11.6 Å². The highest BCUT2D eigenvalue weighted by Crippen LogP contribution is 2.25. The van der Waals surface area contributed by atoms with Crippen molar-refractivity contribution in [2.24, 2.45) is 0 Å². The Morgan fingerprint density at radius 1 is 1.44 bits per heavy atom. The van der Waals surface area contributed by atoms with Gasteiger partial charge in [0.05, 0.1) is 20.1 Å². The number of carbonyl (C=O) groups is 1. The number of methoxy groups -OCH3 is 1. The zero-order chi connectivity index (χ0) is 12.1. The van der Waals surface area contributed by atoms with Crippen LogP contribution in [-0.2, 0) is 16.0 Å². The van der Waals surface area contributed by atoms with E-state index in [1.54, 1.807) is 26.0 Å². The molecule has 0 N–H and O–H groups in total. The molecule has 1 aromatic rings. The lowest BCUT2D eigenvalue weighted by atomic mass is 10.1. The van der Waals surface area contributed by atoms with E-state index in [0.29, 0.717) is 17.7 Å². The van der Waals surface area contributed by atoms with Gasteiger partial charge >= 0.3 is 5.97 Å². The first-order valence-corrected chi connectivity index (χ1v) is 5.07. The number of benzene rings is 1. The summed E-state index contributed by atoms with van der Waals surface area (Å²) >= 11 is 0. The molecule has 0 heterocycles. The average Bonchev–Trinajstić information content (AvgIpc) is 2.24. The lowest BCUT2D eigenvalue weighted by molar-refractivity contribution is -0.142. The maximum absolute atomic E-state index is 13.6. The number of ether oxygens (including phenoxy) is 2. The Kier molecular flexibility index (Phi) is 4.28. The Morgan fingerprint density at radius 3 is 2.69 bits per heavy atom. The van der Waals surface area contributed by atoms with Crippen LogP contribution in [0.5, 0.6) is 5.75 Å². The molecule has 1 rings (SSSR count). The molecule has 0 amide bonds. The van der Waals surface area contributed by atoms with Gasteiger partial charge < -0.3 is 9.47 Å². The summed E-state index contributed by atoms with van der Waals surface area (Å²) in [5, 5.41) is 0. The summed E-state index contributed by atoms with van der Waals surface area (Å²) in [6.07, 6.45) is 0.0220. The molecule has 0 spiro atoms. The van der Waals surface area contributed by atoms with Gasteiger partial charge in [0.2, 0.25) is 0 Å². The monoisotopic (exact) mass is 226 g/mol. The number of hydrogen-bond acceptors (Lipinski definition) is 3. The standard InChI is InChI=1S/C12H15FO3/c1-4-16-10(14)7-9-6-5-8(2)11(13)12(9)15-3/h5-6H,4,7H2,1-3H3. The number of halogens is 1. The summed E-state index contributed by atoms with van der Waals surface area (Å²) in [6.45, 7) is 3.69. The first-order valence-electron chi connectivity index (χ1n) is 5.07.